The molecule has 0 aliphatic heterocycles. The summed E-state index contributed by atoms with van der Waals surface area (Å²) in [5.74, 6) is 0. The molecule has 2 rings (SSSR count). The van der Waals surface area contributed by atoms with Crippen molar-refractivity contribution in [2.24, 2.45) is 0 Å². The number of rotatable bonds is 8. The second kappa shape index (κ2) is 6.46. The highest BCUT2D eigenvalue weighted by atomic mass is 32.2. The molecule has 1 saturated carbocycles. The van der Waals surface area contributed by atoms with Crippen molar-refractivity contribution in [1.82, 2.24) is 19.8 Å². The first kappa shape index (κ1) is 16.5. The largest absolute Gasteiger partial charge is 0.310 e. The van der Waals surface area contributed by atoms with Crippen molar-refractivity contribution in [2.75, 3.05) is 7.05 Å². The Kier molecular flexibility index (Phi) is 5.06. The zero-order valence-corrected chi connectivity index (χ0v) is 14.1. The van der Waals surface area contributed by atoms with E-state index in [4.69, 9.17) is 0 Å². The first-order chi connectivity index (χ1) is 9.87. The number of aromatic nitrogens is 2. The molecule has 1 atom stereocenters. The molecule has 0 amide bonds. The van der Waals surface area contributed by atoms with Gasteiger partial charge in [0.15, 0.2) is 5.03 Å². The molecule has 0 radical (unpaired) electrons. The maximum absolute atomic E-state index is 12.8. The monoisotopic (exact) mass is 314 g/mol. The smallest absolute Gasteiger partial charge is 0.262 e. The predicted octanol–water partition coefficient (Wildman–Crippen LogP) is 1.78. The molecule has 6 nitrogen and oxygen atoms in total. The van der Waals surface area contributed by atoms with Crippen LogP contribution in [0, 0.1) is 6.92 Å². The van der Waals surface area contributed by atoms with Gasteiger partial charge in [-0.25, -0.2) is 8.42 Å². The third kappa shape index (κ3) is 3.64. The average Bonchev–Trinajstić information content (AvgIpc) is 3.18. The zero-order valence-electron chi connectivity index (χ0n) is 13.3. The minimum absolute atomic E-state index is 0.0266. The van der Waals surface area contributed by atoms with Crippen LogP contribution in [0.4, 0.5) is 0 Å². The quantitative estimate of drug-likeness (QED) is 0.766. The van der Waals surface area contributed by atoms with Crippen molar-refractivity contribution in [3.63, 3.8) is 0 Å². The molecule has 21 heavy (non-hydrogen) atoms. The Morgan fingerprint density at radius 3 is 2.71 bits per heavy atom. The van der Waals surface area contributed by atoms with Crippen molar-refractivity contribution in [2.45, 2.75) is 70.1 Å². The van der Waals surface area contributed by atoms with Crippen LogP contribution in [0.15, 0.2) is 5.03 Å². The van der Waals surface area contributed by atoms with Crippen LogP contribution >= 0.6 is 0 Å². The van der Waals surface area contributed by atoms with Crippen LogP contribution in [0.2, 0.25) is 0 Å². The Bertz CT molecular complexity index is 578. The van der Waals surface area contributed by atoms with Gasteiger partial charge in [0.05, 0.1) is 0 Å². The molecule has 1 fully saturated rings. The van der Waals surface area contributed by atoms with Crippen molar-refractivity contribution >= 4 is 10.0 Å². The molecule has 0 bridgehead atoms. The lowest BCUT2D eigenvalue weighted by Gasteiger charge is -2.23. The van der Waals surface area contributed by atoms with Gasteiger partial charge in [0.2, 0.25) is 0 Å². The fourth-order valence-corrected chi connectivity index (χ4v) is 3.91. The topological polar surface area (TPSA) is 78.1 Å². The van der Waals surface area contributed by atoms with Crippen molar-refractivity contribution < 1.29 is 8.42 Å². The molecule has 1 unspecified atom stereocenters. The van der Waals surface area contributed by atoms with Crippen molar-refractivity contribution in [1.29, 1.82) is 0 Å². The Hall–Kier alpha value is -0.920. The minimum atomic E-state index is -3.55. The summed E-state index contributed by atoms with van der Waals surface area (Å²) in [6.45, 7) is 6.41. The number of hydrogen-bond acceptors (Lipinski definition) is 4. The summed E-state index contributed by atoms with van der Waals surface area (Å²) in [6, 6.07) is 0.507. The molecule has 0 aromatic carbocycles. The molecule has 0 spiro atoms. The average molecular weight is 314 g/mol. The molecule has 1 heterocycles. The Balaban J connectivity index is 2.22. The first-order valence-corrected chi connectivity index (χ1v) is 9.07. The summed E-state index contributed by atoms with van der Waals surface area (Å²) >= 11 is 0. The second-order valence-corrected chi connectivity index (χ2v) is 7.86. The zero-order chi connectivity index (χ0) is 15.6. The van der Waals surface area contributed by atoms with Gasteiger partial charge in [0.1, 0.15) is 0 Å². The molecule has 1 aliphatic carbocycles. The van der Waals surface area contributed by atoms with E-state index in [-0.39, 0.29) is 11.1 Å². The normalized spacial score (nSPS) is 17.4. The molecule has 0 saturated heterocycles. The lowest BCUT2D eigenvalue weighted by molar-refractivity contribution is 0.367. The maximum atomic E-state index is 12.8. The second-order valence-electron chi connectivity index (χ2n) is 5.95. The molecule has 1 aromatic heterocycles. The van der Waals surface area contributed by atoms with Crippen molar-refractivity contribution in [3.8, 4) is 0 Å². The van der Waals surface area contributed by atoms with Gasteiger partial charge in [-0.1, -0.05) is 13.3 Å². The summed E-state index contributed by atoms with van der Waals surface area (Å²) < 4.78 is 27.0. The van der Waals surface area contributed by atoms with Crippen LogP contribution in [0.1, 0.15) is 50.8 Å². The van der Waals surface area contributed by atoms with Gasteiger partial charge in [-0.15, -0.1) is 0 Å². The maximum Gasteiger partial charge on any atom is 0.262 e. The highest BCUT2D eigenvalue weighted by Gasteiger charge is 2.31. The fraction of sp³-hybridized carbons (Fsp3) is 0.786. The van der Waals surface area contributed by atoms with Gasteiger partial charge >= 0.3 is 0 Å². The van der Waals surface area contributed by atoms with Crippen molar-refractivity contribution in [3.05, 3.63) is 11.3 Å². The van der Waals surface area contributed by atoms with E-state index in [0.29, 0.717) is 12.6 Å². The van der Waals surface area contributed by atoms with Gasteiger partial charge in [-0.2, -0.15) is 9.40 Å². The third-order valence-electron chi connectivity index (χ3n) is 4.13. The minimum Gasteiger partial charge on any atom is -0.310 e. The number of hydrogen-bond donors (Lipinski definition) is 2. The van der Waals surface area contributed by atoms with E-state index in [1.165, 1.54) is 17.1 Å². The Morgan fingerprint density at radius 2 is 2.14 bits per heavy atom. The summed E-state index contributed by atoms with van der Waals surface area (Å²) in [4.78, 5) is 0. The summed E-state index contributed by atoms with van der Waals surface area (Å²) in [7, 11) is -1.91. The highest BCUT2D eigenvalue weighted by molar-refractivity contribution is 7.89. The number of aromatic amines is 1. The van der Waals surface area contributed by atoms with Gasteiger partial charge in [-0.05, 0) is 33.1 Å². The van der Waals surface area contributed by atoms with E-state index in [2.05, 4.69) is 22.4 Å². The van der Waals surface area contributed by atoms with E-state index in [1.807, 2.05) is 13.8 Å². The SMILES string of the molecule is CCCC(C)N(C)S(=O)(=O)c1n[nH]c(C)c1CNC1CC1. The molecular weight excluding hydrogens is 288 g/mol. The molecule has 2 N–H and O–H groups in total. The number of nitrogens with one attached hydrogen (secondary N) is 2. The van der Waals surface area contributed by atoms with E-state index in [0.717, 1.165) is 24.1 Å². The van der Waals surface area contributed by atoms with E-state index in [1.54, 1.807) is 7.05 Å². The highest BCUT2D eigenvalue weighted by Crippen LogP contribution is 2.24. The van der Waals surface area contributed by atoms with Crippen LogP contribution in [0.3, 0.4) is 0 Å². The van der Waals surface area contributed by atoms with Gasteiger partial charge in [0.25, 0.3) is 10.0 Å². The lowest BCUT2D eigenvalue weighted by Crippen LogP contribution is -2.36. The van der Waals surface area contributed by atoms with E-state index in [9.17, 15) is 8.42 Å². The summed E-state index contributed by atoms with van der Waals surface area (Å²) in [6.07, 6.45) is 4.14. The molecule has 1 aliphatic rings. The fourth-order valence-electron chi connectivity index (χ4n) is 2.36. The Morgan fingerprint density at radius 1 is 1.48 bits per heavy atom. The number of aryl methyl sites for hydroxylation is 1. The predicted molar refractivity (Wildman–Crippen MR) is 82.5 cm³/mol. The van der Waals surface area contributed by atoms with Gasteiger partial charge < -0.3 is 5.32 Å². The molecule has 7 heteroatoms. The third-order valence-corrected chi connectivity index (χ3v) is 6.08. The van der Waals surface area contributed by atoms with Gasteiger partial charge in [0, 0.05) is 36.9 Å². The van der Waals surface area contributed by atoms with E-state index < -0.39 is 10.0 Å². The summed E-state index contributed by atoms with van der Waals surface area (Å²) in [5, 5.41) is 10.4. The van der Waals surface area contributed by atoms with Crippen LogP contribution < -0.4 is 5.32 Å². The number of nitrogens with zero attached hydrogens (tertiary/aromatic N) is 2. The van der Waals surface area contributed by atoms with Crippen LogP contribution in [-0.2, 0) is 16.6 Å². The van der Waals surface area contributed by atoms with E-state index >= 15 is 0 Å². The van der Waals surface area contributed by atoms with Crippen LogP contribution in [-0.4, -0.2) is 42.1 Å². The first-order valence-electron chi connectivity index (χ1n) is 7.63. The molecular formula is C14H26N4O2S. The number of sulfonamides is 1. The van der Waals surface area contributed by atoms with Gasteiger partial charge in [-0.3, -0.25) is 5.10 Å². The molecule has 1 aromatic rings. The summed E-state index contributed by atoms with van der Waals surface area (Å²) in [5.41, 5.74) is 1.58. The van der Waals surface area contributed by atoms with Crippen LogP contribution in [0.25, 0.3) is 0 Å². The van der Waals surface area contributed by atoms with Crippen LogP contribution in [0.5, 0.6) is 0 Å². The number of H-pyrrole nitrogens is 1. The molecule has 120 valence electrons. The standard InChI is InChI=1S/C14H26N4O2S/c1-5-6-10(2)18(4)21(19,20)14-13(11(3)16-17-14)9-15-12-7-8-12/h10,12,15H,5-9H2,1-4H3,(H,16,17). The lowest BCUT2D eigenvalue weighted by atomic mass is 10.2. The Labute approximate surface area is 127 Å².